The number of esters is 1. The molecule has 0 bridgehead atoms. The molecule has 3 rings (SSSR count). The monoisotopic (exact) mass is 358 g/mol. The van der Waals surface area contributed by atoms with Crippen LogP contribution in [0.2, 0.25) is 0 Å². The zero-order chi connectivity index (χ0) is 18.4. The first-order valence-electron chi connectivity index (χ1n) is 8.69. The van der Waals surface area contributed by atoms with Gasteiger partial charge in [-0.25, -0.2) is 4.79 Å². The number of benzene rings is 1. The average molecular weight is 358 g/mol. The molecule has 2 amide bonds. The van der Waals surface area contributed by atoms with Crippen LogP contribution in [0.15, 0.2) is 36.0 Å². The number of anilines is 2. The van der Waals surface area contributed by atoms with Crippen LogP contribution < -0.4 is 21.1 Å². The molecule has 8 nitrogen and oxygen atoms in total. The second-order valence-corrected chi connectivity index (χ2v) is 6.21. The smallest absolute Gasteiger partial charge is 0.356 e. The van der Waals surface area contributed by atoms with Crippen molar-refractivity contribution in [1.82, 2.24) is 10.9 Å². The maximum absolute atomic E-state index is 11.9. The van der Waals surface area contributed by atoms with Crippen LogP contribution in [0, 0.1) is 0 Å². The summed E-state index contributed by atoms with van der Waals surface area (Å²) in [5, 5.41) is 2.69. The number of hydrogen-bond acceptors (Lipinski definition) is 6. The van der Waals surface area contributed by atoms with E-state index in [0.29, 0.717) is 5.69 Å². The van der Waals surface area contributed by atoms with Gasteiger partial charge in [0.1, 0.15) is 5.70 Å². The van der Waals surface area contributed by atoms with Gasteiger partial charge in [-0.1, -0.05) is 0 Å². The Morgan fingerprint density at radius 3 is 2.46 bits per heavy atom. The molecule has 0 saturated carbocycles. The number of carbonyl (C=O) groups is 3. The van der Waals surface area contributed by atoms with Crippen molar-refractivity contribution in [3.63, 3.8) is 0 Å². The van der Waals surface area contributed by atoms with Crippen molar-refractivity contribution in [2.45, 2.75) is 25.7 Å². The summed E-state index contributed by atoms with van der Waals surface area (Å²) in [5.74, 6) is -1.36. The van der Waals surface area contributed by atoms with Crippen LogP contribution in [-0.4, -0.2) is 37.5 Å². The Bertz CT molecular complexity index is 708. The van der Waals surface area contributed by atoms with Gasteiger partial charge in [0.05, 0.1) is 0 Å². The van der Waals surface area contributed by atoms with Crippen LogP contribution in [-0.2, 0) is 19.1 Å². The van der Waals surface area contributed by atoms with Gasteiger partial charge >= 0.3 is 5.97 Å². The topological polar surface area (TPSA) is 99.8 Å². The number of amides is 2. The highest BCUT2D eigenvalue weighted by Gasteiger charge is 2.17. The number of hydrazine groups is 1. The fraction of sp³-hybridized carbons (Fsp3) is 0.389. The van der Waals surface area contributed by atoms with Gasteiger partial charge in [0.25, 0.3) is 5.91 Å². The molecule has 1 fully saturated rings. The third kappa shape index (κ3) is 4.75. The van der Waals surface area contributed by atoms with E-state index in [1.54, 1.807) is 0 Å². The maximum Gasteiger partial charge on any atom is 0.356 e. The van der Waals surface area contributed by atoms with Gasteiger partial charge < -0.3 is 15.0 Å². The molecule has 26 heavy (non-hydrogen) atoms. The van der Waals surface area contributed by atoms with Crippen LogP contribution >= 0.6 is 0 Å². The van der Waals surface area contributed by atoms with Gasteiger partial charge in [-0.15, -0.1) is 0 Å². The summed E-state index contributed by atoms with van der Waals surface area (Å²) >= 11 is 0. The Balaban J connectivity index is 1.45. The first-order chi connectivity index (χ1) is 12.6. The molecule has 0 radical (unpaired) electrons. The van der Waals surface area contributed by atoms with Crippen molar-refractivity contribution in [2.75, 3.05) is 29.9 Å². The average Bonchev–Trinajstić information content (AvgIpc) is 2.68. The molecular formula is C18H22N4O4. The lowest BCUT2D eigenvalue weighted by molar-refractivity contribution is -0.144. The highest BCUT2D eigenvalue weighted by atomic mass is 16.5. The third-order valence-corrected chi connectivity index (χ3v) is 4.25. The van der Waals surface area contributed by atoms with E-state index < -0.39 is 18.5 Å². The number of nitrogens with one attached hydrogen (secondary N) is 3. The summed E-state index contributed by atoms with van der Waals surface area (Å²) in [6.07, 6.45) is 5.20. The summed E-state index contributed by atoms with van der Waals surface area (Å²) in [5.41, 5.74) is 6.65. The van der Waals surface area contributed by atoms with Crippen molar-refractivity contribution in [3.05, 3.63) is 36.0 Å². The summed E-state index contributed by atoms with van der Waals surface area (Å²) in [6.45, 7) is 1.72. The van der Waals surface area contributed by atoms with Crippen molar-refractivity contribution in [2.24, 2.45) is 0 Å². The van der Waals surface area contributed by atoms with Crippen LogP contribution in [0.1, 0.15) is 25.7 Å². The summed E-state index contributed by atoms with van der Waals surface area (Å²) in [7, 11) is 0. The van der Waals surface area contributed by atoms with Crippen LogP contribution in [0.5, 0.6) is 0 Å². The quantitative estimate of drug-likeness (QED) is 0.681. The number of carbonyl (C=O) groups excluding carboxylic acids is 3. The second kappa shape index (κ2) is 8.37. The molecule has 0 aliphatic carbocycles. The number of hydrogen-bond donors (Lipinski definition) is 3. The Hall–Kier alpha value is -3.03. The van der Waals surface area contributed by atoms with E-state index >= 15 is 0 Å². The molecule has 0 spiro atoms. The van der Waals surface area contributed by atoms with E-state index in [2.05, 4.69) is 21.1 Å². The number of piperidine rings is 1. The minimum atomic E-state index is -0.694. The van der Waals surface area contributed by atoms with E-state index in [4.69, 9.17) is 4.74 Å². The van der Waals surface area contributed by atoms with Gasteiger partial charge in [0, 0.05) is 30.9 Å². The first-order valence-corrected chi connectivity index (χ1v) is 8.69. The van der Waals surface area contributed by atoms with Gasteiger partial charge in [-0.2, -0.15) is 0 Å². The van der Waals surface area contributed by atoms with Crippen LogP contribution in [0.3, 0.4) is 0 Å². The molecule has 2 aliphatic heterocycles. The minimum Gasteiger partial charge on any atom is -0.451 e. The largest absolute Gasteiger partial charge is 0.451 e. The number of nitrogens with zero attached hydrogens (tertiary/aromatic N) is 1. The summed E-state index contributed by atoms with van der Waals surface area (Å²) in [4.78, 5) is 37.0. The first kappa shape index (κ1) is 17.8. The van der Waals surface area contributed by atoms with E-state index in [1.807, 2.05) is 24.3 Å². The van der Waals surface area contributed by atoms with E-state index in [-0.39, 0.29) is 18.0 Å². The fourth-order valence-electron chi connectivity index (χ4n) is 2.88. The molecule has 2 aliphatic rings. The molecule has 8 heteroatoms. The van der Waals surface area contributed by atoms with Gasteiger partial charge in [0.15, 0.2) is 6.61 Å². The van der Waals surface area contributed by atoms with Crippen molar-refractivity contribution < 1.29 is 19.1 Å². The van der Waals surface area contributed by atoms with E-state index in [1.165, 1.54) is 25.3 Å². The fourth-order valence-corrected chi connectivity index (χ4v) is 2.88. The van der Waals surface area contributed by atoms with Crippen LogP contribution in [0.4, 0.5) is 11.4 Å². The molecule has 0 atom stereocenters. The van der Waals surface area contributed by atoms with Crippen molar-refractivity contribution >= 4 is 29.2 Å². The number of ether oxygens (including phenoxy) is 1. The molecule has 3 N–H and O–H groups in total. The molecular weight excluding hydrogens is 336 g/mol. The van der Waals surface area contributed by atoms with Crippen LogP contribution in [0.25, 0.3) is 0 Å². The Morgan fingerprint density at radius 1 is 1.08 bits per heavy atom. The molecule has 1 aromatic rings. The van der Waals surface area contributed by atoms with E-state index in [0.717, 1.165) is 18.8 Å². The lowest BCUT2D eigenvalue weighted by Gasteiger charge is -2.28. The third-order valence-electron chi connectivity index (χ3n) is 4.25. The predicted octanol–water partition coefficient (Wildman–Crippen LogP) is 1.07. The Morgan fingerprint density at radius 2 is 1.81 bits per heavy atom. The highest BCUT2D eigenvalue weighted by Crippen LogP contribution is 2.21. The molecule has 2 heterocycles. The lowest BCUT2D eigenvalue weighted by atomic mass is 10.1. The summed E-state index contributed by atoms with van der Waals surface area (Å²) in [6, 6.07) is 7.63. The lowest BCUT2D eigenvalue weighted by Crippen LogP contribution is -2.42. The van der Waals surface area contributed by atoms with E-state index in [9.17, 15) is 14.4 Å². The standard InChI is InChI=1S/C18H22N4O4/c23-16-9-8-15(20-21-16)18(25)26-12-17(24)19-13-4-6-14(7-5-13)22-10-2-1-3-11-22/h4-8,20H,1-3,9-12H2,(H,19,24)(H,21,23). The highest BCUT2D eigenvalue weighted by molar-refractivity contribution is 5.96. The zero-order valence-electron chi connectivity index (χ0n) is 14.4. The van der Waals surface area contributed by atoms with Gasteiger partial charge in [0.2, 0.25) is 5.91 Å². The second-order valence-electron chi connectivity index (χ2n) is 6.21. The molecule has 138 valence electrons. The normalized spacial score (nSPS) is 16.8. The Labute approximate surface area is 151 Å². The summed E-state index contributed by atoms with van der Waals surface area (Å²) < 4.78 is 4.93. The molecule has 0 aromatic heterocycles. The SMILES string of the molecule is O=C1CC=C(C(=O)OCC(=O)Nc2ccc(N3CCCCC3)cc2)NN1. The molecule has 0 unspecified atom stereocenters. The van der Waals surface area contributed by atoms with Gasteiger partial charge in [-0.05, 0) is 49.6 Å². The predicted molar refractivity (Wildman–Crippen MR) is 96.1 cm³/mol. The zero-order valence-corrected chi connectivity index (χ0v) is 14.4. The molecule has 1 saturated heterocycles. The minimum absolute atomic E-state index is 0.0903. The van der Waals surface area contributed by atoms with Crippen molar-refractivity contribution in [3.8, 4) is 0 Å². The van der Waals surface area contributed by atoms with Crippen molar-refractivity contribution in [1.29, 1.82) is 0 Å². The number of rotatable bonds is 5. The van der Waals surface area contributed by atoms with Gasteiger partial charge in [-0.3, -0.25) is 20.4 Å². The maximum atomic E-state index is 11.9. The molecule has 1 aromatic carbocycles. The Kier molecular flexibility index (Phi) is 5.73.